The fourth-order valence-electron chi connectivity index (χ4n) is 3.73. The normalized spacial score (nSPS) is 25.2. The second-order valence-electron chi connectivity index (χ2n) is 7.07. The van der Waals surface area contributed by atoms with Crippen molar-refractivity contribution in [1.29, 1.82) is 0 Å². The summed E-state index contributed by atoms with van der Waals surface area (Å²) in [6.07, 6.45) is 12.1. The predicted octanol–water partition coefficient (Wildman–Crippen LogP) is 3.96. The molecule has 0 fully saturated rings. The molecule has 1 aromatic rings. The van der Waals surface area contributed by atoms with Gasteiger partial charge in [0.1, 0.15) is 0 Å². The first kappa shape index (κ1) is 13.0. The molecule has 3 rings (SSSR count). The van der Waals surface area contributed by atoms with Crippen LogP contribution in [0, 0.1) is 5.41 Å². The van der Waals surface area contributed by atoms with Gasteiger partial charge in [-0.3, -0.25) is 0 Å². The molecular weight excluding hydrogens is 232 g/mol. The molecule has 1 heterocycles. The molecule has 1 atom stereocenters. The van der Waals surface area contributed by atoms with E-state index in [4.69, 9.17) is 5.73 Å². The van der Waals surface area contributed by atoms with Crippen LogP contribution < -0.4 is 5.73 Å². The molecule has 0 aromatic carbocycles. The Hall–Kier alpha value is -1.02. The van der Waals surface area contributed by atoms with Crippen LogP contribution in [0.5, 0.6) is 0 Å². The van der Waals surface area contributed by atoms with Crippen molar-refractivity contribution in [3.8, 4) is 0 Å². The molecule has 2 nitrogen and oxygen atoms in total. The van der Waals surface area contributed by atoms with E-state index in [0.717, 1.165) is 13.0 Å². The summed E-state index contributed by atoms with van der Waals surface area (Å²) in [7, 11) is 0. The number of nitrogens with zero attached hydrogens (tertiary/aromatic N) is 1. The molecule has 0 saturated carbocycles. The highest BCUT2D eigenvalue weighted by Gasteiger charge is 2.32. The third-order valence-corrected chi connectivity index (χ3v) is 4.74. The van der Waals surface area contributed by atoms with E-state index >= 15 is 0 Å². The van der Waals surface area contributed by atoms with E-state index < -0.39 is 0 Å². The zero-order chi connectivity index (χ0) is 13.5. The van der Waals surface area contributed by atoms with Gasteiger partial charge in [0.15, 0.2) is 0 Å². The molecule has 2 aliphatic carbocycles. The van der Waals surface area contributed by atoms with E-state index in [1.807, 2.05) is 0 Å². The summed E-state index contributed by atoms with van der Waals surface area (Å²) in [6, 6.07) is 2.48. The molecule has 0 amide bonds. The minimum Gasteiger partial charge on any atom is -0.351 e. The maximum atomic E-state index is 6.33. The Bertz CT molecular complexity index is 493. The van der Waals surface area contributed by atoms with E-state index in [2.05, 4.69) is 36.8 Å². The van der Waals surface area contributed by atoms with Gasteiger partial charge in [-0.25, -0.2) is 0 Å². The first-order chi connectivity index (χ1) is 9.05. The quantitative estimate of drug-likeness (QED) is 0.817. The highest BCUT2D eigenvalue weighted by molar-refractivity contribution is 5.30. The Balaban J connectivity index is 1.76. The summed E-state index contributed by atoms with van der Waals surface area (Å²) in [5, 5.41) is 0. The molecule has 0 aliphatic heterocycles. The minimum absolute atomic E-state index is 0.227. The Morgan fingerprint density at radius 3 is 3.00 bits per heavy atom. The van der Waals surface area contributed by atoms with Gasteiger partial charge in [0.25, 0.3) is 0 Å². The van der Waals surface area contributed by atoms with E-state index in [-0.39, 0.29) is 6.04 Å². The minimum atomic E-state index is 0.227. The van der Waals surface area contributed by atoms with E-state index in [0.29, 0.717) is 5.41 Å². The smallest absolute Gasteiger partial charge is 0.0318 e. The number of rotatable bonds is 3. The first-order valence-electron chi connectivity index (χ1n) is 7.66. The number of nitrogens with two attached hydrogens (primary N) is 1. The lowest BCUT2D eigenvalue weighted by molar-refractivity contribution is 0.275. The van der Waals surface area contributed by atoms with Crippen LogP contribution in [-0.2, 0) is 13.0 Å². The second kappa shape index (κ2) is 4.82. The van der Waals surface area contributed by atoms with Crippen LogP contribution in [0.2, 0.25) is 0 Å². The summed E-state index contributed by atoms with van der Waals surface area (Å²) < 4.78 is 2.45. The molecule has 2 N–H and O–H groups in total. The third kappa shape index (κ3) is 2.64. The standard InChI is InChI=1S/C17H26N2/c1-17(2)11-15(18)14-8-10-19(16(14)12-17)9-7-13-5-3-4-6-13/h5,8,10,15H,3-4,6-7,9,11-12,18H2,1-2H3. The van der Waals surface area contributed by atoms with Gasteiger partial charge < -0.3 is 10.3 Å². The lowest BCUT2D eigenvalue weighted by Crippen LogP contribution is -2.30. The fourth-order valence-corrected chi connectivity index (χ4v) is 3.73. The number of allylic oxidation sites excluding steroid dienone is 2. The highest BCUT2D eigenvalue weighted by atomic mass is 15.0. The van der Waals surface area contributed by atoms with Crippen molar-refractivity contribution in [1.82, 2.24) is 4.57 Å². The molecule has 0 saturated heterocycles. The van der Waals surface area contributed by atoms with Gasteiger partial charge in [0.2, 0.25) is 0 Å². The second-order valence-corrected chi connectivity index (χ2v) is 7.07. The van der Waals surface area contributed by atoms with Crippen LogP contribution in [0.25, 0.3) is 0 Å². The molecule has 0 bridgehead atoms. The van der Waals surface area contributed by atoms with Crippen molar-refractivity contribution < 1.29 is 0 Å². The maximum Gasteiger partial charge on any atom is 0.0318 e. The van der Waals surface area contributed by atoms with Crippen molar-refractivity contribution in [2.75, 3.05) is 0 Å². The van der Waals surface area contributed by atoms with E-state index in [1.54, 1.807) is 5.57 Å². The summed E-state index contributed by atoms with van der Waals surface area (Å²) >= 11 is 0. The Morgan fingerprint density at radius 1 is 1.42 bits per heavy atom. The van der Waals surface area contributed by atoms with Gasteiger partial charge in [-0.1, -0.05) is 25.5 Å². The number of aryl methyl sites for hydroxylation is 1. The van der Waals surface area contributed by atoms with Gasteiger partial charge in [0.05, 0.1) is 0 Å². The topological polar surface area (TPSA) is 30.9 Å². The fraction of sp³-hybridized carbons (Fsp3) is 0.647. The zero-order valence-corrected chi connectivity index (χ0v) is 12.3. The van der Waals surface area contributed by atoms with Crippen molar-refractivity contribution in [3.63, 3.8) is 0 Å². The first-order valence-corrected chi connectivity index (χ1v) is 7.66. The van der Waals surface area contributed by atoms with Crippen LogP contribution in [0.1, 0.15) is 63.3 Å². The van der Waals surface area contributed by atoms with Gasteiger partial charge in [-0.2, -0.15) is 0 Å². The summed E-state index contributed by atoms with van der Waals surface area (Å²) in [6.45, 7) is 5.81. The molecule has 2 aliphatic rings. The molecule has 0 radical (unpaired) electrons. The SMILES string of the molecule is CC1(C)Cc2c(ccn2CCC2=CCCC2)C(N)C1. The average molecular weight is 258 g/mol. The van der Waals surface area contributed by atoms with Gasteiger partial charge in [-0.05, 0) is 55.6 Å². The Labute approximate surface area is 116 Å². The van der Waals surface area contributed by atoms with Crippen molar-refractivity contribution in [3.05, 3.63) is 35.2 Å². The molecule has 104 valence electrons. The van der Waals surface area contributed by atoms with Crippen LogP contribution in [0.4, 0.5) is 0 Å². The van der Waals surface area contributed by atoms with Crippen molar-refractivity contribution >= 4 is 0 Å². The van der Waals surface area contributed by atoms with Gasteiger partial charge >= 0.3 is 0 Å². The van der Waals surface area contributed by atoms with Crippen LogP contribution in [0.3, 0.4) is 0 Å². The van der Waals surface area contributed by atoms with Crippen LogP contribution in [0.15, 0.2) is 23.9 Å². The monoisotopic (exact) mass is 258 g/mol. The largest absolute Gasteiger partial charge is 0.351 e. The van der Waals surface area contributed by atoms with Gasteiger partial charge in [-0.15, -0.1) is 0 Å². The zero-order valence-electron chi connectivity index (χ0n) is 12.3. The lowest BCUT2D eigenvalue weighted by Gasteiger charge is -2.34. The number of aromatic nitrogens is 1. The lowest BCUT2D eigenvalue weighted by atomic mass is 9.74. The van der Waals surface area contributed by atoms with Crippen LogP contribution in [-0.4, -0.2) is 4.57 Å². The predicted molar refractivity (Wildman–Crippen MR) is 80.0 cm³/mol. The molecular formula is C17H26N2. The molecule has 1 aromatic heterocycles. The van der Waals surface area contributed by atoms with Crippen molar-refractivity contribution in [2.24, 2.45) is 11.1 Å². The van der Waals surface area contributed by atoms with E-state index in [1.165, 1.54) is 43.4 Å². The highest BCUT2D eigenvalue weighted by Crippen LogP contribution is 2.40. The Morgan fingerprint density at radius 2 is 2.26 bits per heavy atom. The van der Waals surface area contributed by atoms with E-state index in [9.17, 15) is 0 Å². The molecule has 0 spiro atoms. The summed E-state index contributed by atoms with van der Waals surface area (Å²) in [4.78, 5) is 0. The molecule has 1 unspecified atom stereocenters. The number of fused-ring (bicyclic) bond motifs is 1. The molecule has 19 heavy (non-hydrogen) atoms. The number of hydrogen-bond donors (Lipinski definition) is 1. The Kier molecular flexibility index (Phi) is 3.30. The molecule has 2 heteroatoms. The maximum absolute atomic E-state index is 6.33. The van der Waals surface area contributed by atoms with Crippen LogP contribution >= 0.6 is 0 Å². The third-order valence-electron chi connectivity index (χ3n) is 4.74. The summed E-state index contributed by atoms with van der Waals surface area (Å²) in [5.41, 5.74) is 11.2. The average Bonchev–Trinajstić information content (AvgIpc) is 2.93. The van der Waals surface area contributed by atoms with Crippen molar-refractivity contribution in [2.45, 2.75) is 65.0 Å². The van der Waals surface area contributed by atoms with Gasteiger partial charge in [0, 0.05) is 24.5 Å². The number of hydrogen-bond acceptors (Lipinski definition) is 1. The summed E-state index contributed by atoms with van der Waals surface area (Å²) in [5.74, 6) is 0.